The zero-order chi connectivity index (χ0) is 46.5. The van der Waals surface area contributed by atoms with Crippen molar-refractivity contribution in [2.45, 2.75) is 194 Å². The van der Waals surface area contributed by atoms with Gasteiger partial charge in [-0.1, -0.05) is 78.7 Å². The Hall–Kier alpha value is -3.74. The van der Waals surface area contributed by atoms with Gasteiger partial charge in [0.05, 0.1) is 18.6 Å². The molecule has 0 radical (unpaired) electrons. The molecule has 15 heteroatoms. The largest absolute Gasteiger partial charge is 0.460 e. The third-order valence-electron chi connectivity index (χ3n) is 10.1. The second kappa shape index (κ2) is 25.9. The van der Waals surface area contributed by atoms with Crippen LogP contribution in [0.4, 0.5) is 4.79 Å². The first-order valence-electron chi connectivity index (χ1n) is 21.4. The molecule has 0 aromatic heterocycles. The van der Waals surface area contributed by atoms with Crippen molar-refractivity contribution < 1.29 is 52.5 Å². The molecule has 0 aliphatic heterocycles. The van der Waals surface area contributed by atoms with Gasteiger partial charge in [-0.05, 0) is 85.9 Å². The Morgan fingerprint density at radius 1 is 0.800 bits per heavy atom. The van der Waals surface area contributed by atoms with Crippen LogP contribution >= 0.6 is 0 Å². The Morgan fingerprint density at radius 2 is 1.32 bits per heavy atom. The minimum atomic E-state index is -2.55. The zero-order valence-corrected chi connectivity index (χ0v) is 40.3. The lowest BCUT2D eigenvalue weighted by Gasteiger charge is -2.37. The van der Waals surface area contributed by atoms with Crippen LogP contribution in [0, 0.1) is 18.3 Å². The zero-order valence-electron chi connectivity index (χ0n) is 39.3. The van der Waals surface area contributed by atoms with Crippen molar-refractivity contribution in [1.29, 1.82) is 0 Å². The minimum Gasteiger partial charge on any atom is -0.460 e. The Morgan fingerprint density at radius 3 is 1.82 bits per heavy atom. The van der Waals surface area contributed by atoms with E-state index >= 15 is 0 Å². The summed E-state index contributed by atoms with van der Waals surface area (Å²) in [6.45, 7) is 22.2. The van der Waals surface area contributed by atoms with Gasteiger partial charge in [0, 0.05) is 19.5 Å². The molecule has 0 aliphatic rings. The molecule has 0 unspecified atom stereocenters. The van der Waals surface area contributed by atoms with Crippen molar-refractivity contribution in [1.82, 2.24) is 15.5 Å². The first kappa shape index (κ1) is 56.3. The van der Waals surface area contributed by atoms with E-state index in [1.807, 2.05) is 0 Å². The van der Waals surface area contributed by atoms with E-state index in [0.29, 0.717) is 6.42 Å². The van der Waals surface area contributed by atoms with E-state index in [-0.39, 0.29) is 18.1 Å². The number of carbonyl (C=O) groups is 6. The van der Waals surface area contributed by atoms with Gasteiger partial charge in [-0.2, -0.15) is 0 Å². The maximum absolute atomic E-state index is 13.7. The number of terminal acetylenes is 1. The number of rotatable bonds is 26. The summed E-state index contributed by atoms with van der Waals surface area (Å²) in [7, 11) is -0.816. The SMILES string of the molecule is C#CCCCCCCCCCCC[C@H](OC(=O)CN(C)C(=O)/C=C/[C@H](CO[Si](C)(C)C(C)(C)C)NC(=O)OC(C)(C)C)[C@H](C)C(=O)[C@](C)(O)C(=O)NCC(=O)OC(C)(C)C. The molecular weight excluding hydrogens is 787 g/mol. The summed E-state index contributed by atoms with van der Waals surface area (Å²) in [5, 5.41) is 16.0. The van der Waals surface area contributed by atoms with Crippen LogP contribution in [0.5, 0.6) is 0 Å². The van der Waals surface area contributed by atoms with E-state index in [9.17, 15) is 33.9 Å². The number of likely N-dealkylation sites (N-methyl/N-ethyl adjacent to an activating group) is 1. The number of ether oxygens (including phenoxy) is 3. The summed E-state index contributed by atoms with van der Waals surface area (Å²) in [5.74, 6) is -2.56. The number of aliphatic hydroxyl groups is 1. The quantitative estimate of drug-likeness (QED) is 0.0152. The van der Waals surface area contributed by atoms with Crippen LogP contribution < -0.4 is 10.6 Å². The summed E-state index contributed by atoms with van der Waals surface area (Å²) in [6.07, 6.45) is 16.3. The standard InChI is InChI=1S/C45H79N3O11Si/c1-16-17-18-19-20-21-22-23-24-25-26-27-35(33(2)39(52)45(12,55)40(53)46-30-37(50)58-42(3,4)5)57-38(51)31-48(13)36(49)29-28-34(47-41(54)59-43(6,7)8)32-56-60(14,15)44(9,10)11/h1,28-29,33-35,55H,17-27,30-32H2,2-15H3,(H,46,53)(H,47,54)/b29-28+/t33-,34+,35-,45-/m0/s1. The maximum Gasteiger partial charge on any atom is 0.408 e. The van der Waals surface area contributed by atoms with Gasteiger partial charge in [-0.3, -0.25) is 24.0 Å². The molecule has 4 atom stereocenters. The fourth-order valence-electron chi connectivity index (χ4n) is 5.57. The highest BCUT2D eigenvalue weighted by Gasteiger charge is 2.44. The predicted octanol–water partition coefficient (Wildman–Crippen LogP) is 7.17. The molecule has 0 heterocycles. The van der Waals surface area contributed by atoms with E-state index < -0.39 is 91.9 Å². The lowest BCUT2D eigenvalue weighted by Crippen LogP contribution is -2.55. The molecule has 0 aromatic rings. The second-order valence-electron chi connectivity index (χ2n) is 19.3. The number of esters is 2. The number of amides is 3. The molecule has 0 saturated carbocycles. The van der Waals surface area contributed by atoms with Crippen molar-refractivity contribution in [3.8, 4) is 12.3 Å². The van der Waals surface area contributed by atoms with Crippen LogP contribution in [0.25, 0.3) is 0 Å². The molecule has 14 nitrogen and oxygen atoms in total. The van der Waals surface area contributed by atoms with E-state index in [2.05, 4.69) is 50.4 Å². The number of Topliss-reactive ketones (excluding diaryl/α,β-unsaturated/α-hetero) is 1. The molecule has 0 bridgehead atoms. The summed E-state index contributed by atoms with van der Waals surface area (Å²) < 4.78 is 22.7. The number of unbranched alkanes of at least 4 members (excludes halogenated alkanes) is 9. The predicted molar refractivity (Wildman–Crippen MR) is 236 cm³/mol. The summed E-state index contributed by atoms with van der Waals surface area (Å²) >= 11 is 0. The average molecular weight is 866 g/mol. The van der Waals surface area contributed by atoms with Crippen LogP contribution in [-0.4, -0.2) is 110 Å². The smallest absolute Gasteiger partial charge is 0.408 e. The normalized spacial score (nSPS) is 14.8. The Labute approximate surface area is 362 Å². The van der Waals surface area contributed by atoms with Crippen molar-refractivity contribution in [3.05, 3.63) is 12.2 Å². The van der Waals surface area contributed by atoms with Gasteiger partial charge in [0.15, 0.2) is 19.7 Å². The van der Waals surface area contributed by atoms with Crippen LogP contribution in [0.3, 0.4) is 0 Å². The molecule has 0 aliphatic carbocycles. The number of ketones is 1. The van der Waals surface area contributed by atoms with Gasteiger partial charge in [0.2, 0.25) is 5.91 Å². The second-order valence-corrected chi connectivity index (χ2v) is 24.1. The van der Waals surface area contributed by atoms with Crippen molar-refractivity contribution in [2.75, 3.05) is 26.7 Å². The number of hydrogen-bond acceptors (Lipinski definition) is 11. The first-order valence-corrected chi connectivity index (χ1v) is 24.3. The lowest BCUT2D eigenvalue weighted by molar-refractivity contribution is -0.164. The van der Waals surface area contributed by atoms with E-state index in [1.54, 1.807) is 41.5 Å². The third kappa shape index (κ3) is 23.9. The third-order valence-corrected chi connectivity index (χ3v) is 14.6. The number of nitrogens with zero attached hydrogens (tertiary/aromatic N) is 1. The molecule has 60 heavy (non-hydrogen) atoms. The molecule has 0 fully saturated rings. The summed E-state index contributed by atoms with van der Waals surface area (Å²) in [6, 6.07) is -0.720. The Balaban J connectivity index is 5.89. The first-order chi connectivity index (χ1) is 27.4. The van der Waals surface area contributed by atoms with E-state index in [4.69, 9.17) is 25.1 Å². The average Bonchev–Trinajstić information content (AvgIpc) is 3.10. The maximum atomic E-state index is 13.7. The highest BCUT2D eigenvalue weighted by atomic mass is 28.4. The number of carbonyl (C=O) groups excluding carboxylic acids is 6. The minimum absolute atomic E-state index is 0.0921. The highest BCUT2D eigenvalue weighted by molar-refractivity contribution is 6.74. The fourth-order valence-corrected chi connectivity index (χ4v) is 6.60. The highest BCUT2D eigenvalue weighted by Crippen LogP contribution is 2.36. The van der Waals surface area contributed by atoms with Gasteiger partial charge in [-0.25, -0.2) is 4.79 Å². The number of alkyl carbamates (subject to hydrolysis) is 1. The van der Waals surface area contributed by atoms with E-state index in [1.165, 1.54) is 26.1 Å². The van der Waals surface area contributed by atoms with Crippen molar-refractivity contribution >= 4 is 43.9 Å². The van der Waals surface area contributed by atoms with Gasteiger partial charge in [0.1, 0.15) is 30.4 Å². The lowest BCUT2D eigenvalue weighted by atomic mass is 9.85. The monoisotopic (exact) mass is 866 g/mol. The van der Waals surface area contributed by atoms with Crippen LogP contribution in [-0.2, 0) is 42.6 Å². The van der Waals surface area contributed by atoms with Gasteiger partial charge in [0.25, 0.3) is 5.91 Å². The van der Waals surface area contributed by atoms with Crippen LogP contribution in [0.15, 0.2) is 12.2 Å². The molecule has 3 N–H and O–H groups in total. The summed E-state index contributed by atoms with van der Waals surface area (Å²) in [5.41, 5.74) is -4.10. The van der Waals surface area contributed by atoms with Crippen LogP contribution in [0.2, 0.25) is 18.1 Å². The molecule has 0 spiro atoms. The van der Waals surface area contributed by atoms with E-state index in [0.717, 1.165) is 69.6 Å². The molecule has 344 valence electrons. The molecule has 0 rings (SSSR count). The topological polar surface area (TPSA) is 187 Å². The Bertz CT molecular complexity index is 1470. The Kier molecular flexibility index (Phi) is 24.3. The fraction of sp³-hybridized carbons (Fsp3) is 0.778. The summed E-state index contributed by atoms with van der Waals surface area (Å²) in [4.78, 5) is 79.2. The molecule has 3 amide bonds. The van der Waals surface area contributed by atoms with Gasteiger partial charge < -0.3 is 39.3 Å². The van der Waals surface area contributed by atoms with Crippen molar-refractivity contribution in [2.24, 2.45) is 5.92 Å². The number of hydrogen-bond donors (Lipinski definition) is 3. The molecule has 0 saturated heterocycles. The van der Waals surface area contributed by atoms with Crippen molar-refractivity contribution in [3.63, 3.8) is 0 Å². The van der Waals surface area contributed by atoms with Gasteiger partial charge in [-0.15, -0.1) is 12.3 Å². The molecular formula is C45H79N3O11Si. The number of nitrogens with one attached hydrogen (secondary N) is 2. The molecule has 0 aromatic carbocycles. The van der Waals surface area contributed by atoms with Gasteiger partial charge >= 0.3 is 18.0 Å². The van der Waals surface area contributed by atoms with Crippen LogP contribution in [0.1, 0.15) is 147 Å².